The molecule has 0 bridgehead atoms. The summed E-state index contributed by atoms with van der Waals surface area (Å²) in [7, 11) is 0. The molecule has 1 heterocycles. The highest BCUT2D eigenvalue weighted by Gasteiger charge is 2.38. The monoisotopic (exact) mass is 396 g/mol. The van der Waals surface area contributed by atoms with E-state index >= 15 is 0 Å². The van der Waals surface area contributed by atoms with Gasteiger partial charge in [-0.05, 0) is 36.4 Å². The van der Waals surface area contributed by atoms with Crippen molar-refractivity contribution in [3.8, 4) is 0 Å². The summed E-state index contributed by atoms with van der Waals surface area (Å²) in [5.74, 6) is -2.04. The van der Waals surface area contributed by atoms with Crippen LogP contribution in [0.2, 0.25) is 0 Å². The van der Waals surface area contributed by atoms with Crippen molar-refractivity contribution < 1.29 is 22.8 Å². The van der Waals surface area contributed by atoms with Gasteiger partial charge in [-0.1, -0.05) is 31.0 Å². The zero-order chi connectivity index (χ0) is 19.5. The fourth-order valence-electron chi connectivity index (χ4n) is 3.49. The summed E-state index contributed by atoms with van der Waals surface area (Å²) in [6, 6.07) is 8.54. The van der Waals surface area contributed by atoms with Gasteiger partial charge in [0.1, 0.15) is 0 Å². The lowest BCUT2D eigenvalue weighted by molar-refractivity contribution is -0.138. The maximum Gasteiger partial charge on any atom is 0.418 e. The Labute approximate surface area is 158 Å². The van der Waals surface area contributed by atoms with E-state index in [1.807, 2.05) is 17.5 Å². The molecule has 27 heavy (non-hydrogen) atoms. The van der Waals surface area contributed by atoms with Crippen LogP contribution in [0.4, 0.5) is 18.9 Å². The fourth-order valence-corrected chi connectivity index (χ4v) is 4.48. The molecule has 2 N–H and O–H groups in total. The Morgan fingerprint density at radius 3 is 2.37 bits per heavy atom. The van der Waals surface area contributed by atoms with Gasteiger partial charge < -0.3 is 10.6 Å². The molecule has 1 aromatic heterocycles. The molecular formula is C19H19F3N2O2S. The van der Waals surface area contributed by atoms with Crippen LogP contribution < -0.4 is 10.6 Å². The Hall–Kier alpha value is -2.35. The van der Waals surface area contributed by atoms with Crippen LogP contribution in [-0.2, 0) is 21.2 Å². The van der Waals surface area contributed by atoms with Crippen molar-refractivity contribution in [1.82, 2.24) is 5.32 Å². The summed E-state index contributed by atoms with van der Waals surface area (Å²) in [6.07, 6.45) is -0.718. The number of thiophene rings is 1. The van der Waals surface area contributed by atoms with Gasteiger partial charge in [0.15, 0.2) is 0 Å². The van der Waals surface area contributed by atoms with Crippen LogP contribution in [0.3, 0.4) is 0 Å². The number of benzene rings is 1. The number of rotatable bonds is 4. The predicted molar refractivity (Wildman–Crippen MR) is 97.5 cm³/mol. The molecule has 4 nitrogen and oxygen atoms in total. The first-order valence-electron chi connectivity index (χ1n) is 8.61. The zero-order valence-corrected chi connectivity index (χ0v) is 15.3. The molecule has 0 radical (unpaired) electrons. The minimum Gasteiger partial charge on any atom is -0.347 e. The summed E-state index contributed by atoms with van der Waals surface area (Å²) in [5.41, 5.74) is -1.62. The van der Waals surface area contributed by atoms with Crippen LogP contribution in [0.5, 0.6) is 0 Å². The van der Waals surface area contributed by atoms with Gasteiger partial charge in [0.25, 0.3) is 0 Å². The van der Waals surface area contributed by atoms with Crippen molar-refractivity contribution in [2.45, 2.75) is 37.3 Å². The lowest BCUT2D eigenvalue weighted by Crippen LogP contribution is -2.43. The molecule has 144 valence electrons. The first kappa shape index (κ1) is 19.4. The Morgan fingerprint density at radius 2 is 1.74 bits per heavy atom. The molecule has 1 aliphatic rings. The van der Waals surface area contributed by atoms with E-state index in [0.29, 0.717) is 6.54 Å². The minimum atomic E-state index is -4.62. The molecular weight excluding hydrogens is 377 g/mol. The topological polar surface area (TPSA) is 58.2 Å². The number of amides is 2. The SMILES string of the molecule is O=C(NCC1(c2cccs2)CCCC1)C(=O)Nc1ccccc1C(F)(F)F. The van der Waals surface area contributed by atoms with Crippen molar-refractivity contribution in [2.24, 2.45) is 0 Å². The van der Waals surface area contributed by atoms with E-state index in [2.05, 4.69) is 10.6 Å². The summed E-state index contributed by atoms with van der Waals surface area (Å²) < 4.78 is 39.0. The Kier molecular flexibility index (Phi) is 5.55. The van der Waals surface area contributed by atoms with Gasteiger partial charge in [-0.2, -0.15) is 13.2 Å². The summed E-state index contributed by atoms with van der Waals surface area (Å²) in [4.78, 5) is 25.4. The standard InChI is InChI=1S/C19H19F3N2O2S/c20-19(21,22)13-6-1-2-7-14(13)24-17(26)16(25)23-12-18(9-3-4-10-18)15-8-5-11-27-15/h1-2,5-8,11H,3-4,9-10,12H2,(H,23,25)(H,24,26). The van der Waals surface area contributed by atoms with E-state index in [9.17, 15) is 22.8 Å². The average molecular weight is 396 g/mol. The molecule has 0 atom stereocenters. The Bertz CT molecular complexity index is 813. The molecule has 1 aromatic carbocycles. The molecule has 2 aromatic rings. The lowest BCUT2D eigenvalue weighted by Gasteiger charge is -2.28. The first-order chi connectivity index (χ1) is 12.8. The summed E-state index contributed by atoms with van der Waals surface area (Å²) >= 11 is 1.61. The van der Waals surface area contributed by atoms with E-state index in [1.54, 1.807) is 11.3 Å². The van der Waals surface area contributed by atoms with E-state index in [1.165, 1.54) is 12.1 Å². The molecule has 2 amide bonds. The second-order valence-corrected chi connectivity index (χ2v) is 7.59. The molecule has 1 aliphatic carbocycles. The van der Waals surface area contributed by atoms with E-state index in [0.717, 1.165) is 42.7 Å². The van der Waals surface area contributed by atoms with Crippen molar-refractivity contribution in [3.63, 3.8) is 0 Å². The number of hydrogen-bond donors (Lipinski definition) is 2. The predicted octanol–water partition coefficient (Wildman–Crippen LogP) is 4.33. The fraction of sp³-hybridized carbons (Fsp3) is 0.368. The van der Waals surface area contributed by atoms with Crippen molar-refractivity contribution in [1.29, 1.82) is 0 Å². The highest BCUT2D eigenvalue weighted by atomic mass is 32.1. The van der Waals surface area contributed by atoms with Crippen LogP contribution >= 0.6 is 11.3 Å². The molecule has 1 fully saturated rings. The van der Waals surface area contributed by atoms with E-state index in [4.69, 9.17) is 0 Å². The number of para-hydroxylation sites is 1. The molecule has 3 rings (SSSR count). The summed E-state index contributed by atoms with van der Waals surface area (Å²) in [5, 5.41) is 6.65. The van der Waals surface area contributed by atoms with Gasteiger partial charge >= 0.3 is 18.0 Å². The van der Waals surface area contributed by atoms with Gasteiger partial charge in [0, 0.05) is 16.8 Å². The van der Waals surface area contributed by atoms with Gasteiger partial charge in [0.2, 0.25) is 0 Å². The quantitative estimate of drug-likeness (QED) is 0.756. The van der Waals surface area contributed by atoms with E-state index in [-0.39, 0.29) is 5.41 Å². The van der Waals surface area contributed by atoms with Crippen LogP contribution in [0.1, 0.15) is 36.1 Å². The van der Waals surface area contributed by atoms with Crippen LogP contribution in [0, 0.1) is 0 Å². The Balaban J connectivity index is 1.66. The maximum absolute atomic E-state index is 13.0. The molecule has 0 unspecified atom stereocenters. The number of halogens is 3. The van der Waals surface area contributed by atoms with Crippen molar-refractivity contribution in [2.75, 3.05) is 11.9 Å². The molecule has 1 saturated carbocycles. The van der Waals surface area contributed by atoms with Gasteiger partial charge in [-0.25, -0.2) is 0 Å². The minimum absolute atomic E-state index is 0.200. The molecule has 8 heteroatoms. The van der Waals surface area contributed by atoms with Crippen molar-refractivity contribution in [3.05, 3.63) is 52.2 Å². The Morgan fingerprint density at radius 1 is 1.04 bits per heavy atom. The normalized spacial score (nSPS) is 16.1. The third-order valence-corrected chi connectivity index (χ3v) is 6.00. The number of carbonyl (C=O) groups excluding carboxylic acids is 2. The van der Waals surface area contributed by atoms with Crippen LogP contribution in [-0.4, -0.2) is 18.4 Å². The zero-order valence-electron chi connectivity index (χ0n) is 14.4. The number of anilines is 1. The maximum atomic E-state index is 13.0. The molecule has 0 spiro atoms. The van der Waals surface area contributed by atoms with Gasteiger partial charge in [0.05, 0.1) is 11.3 Å². The van der Waals surface area contributed by atoms with Crippen molar-refractivity contribution >= 4 is 28.8 Å². The van der Waals surface area contributed by atoms with Gasteiger partial charge in [-0.15, -0.1) is 11.3 Å². The van der Waals surface area contributed by atoms with Gasteiger partial charge in [-0.3, -0.25) is 9.59 Å². The molecule has 0 aliphatic heterocycles. The van der Waals surface area contributed by atoms with E-state index < -0.39 is 29.2 Å². The number of hydrogen-bond acceptors (Lipinski definition) is 3. The number of carbonyl (C=O) groups is 2. The first-order valence-corrected chi connectivity index (χ1v) is 9.49. The highest BCUT2D eigenvalue weighted by molar-refractivity contribution is 7.10. The van der Waals surface area contributed by atoms with Crippen LogP contribution in [0.25, 0.3) is 0 Å². The second kappa shape index (κ2) is 7.72. The third kappa shape index (κ3) is 4.32. The number of alkyl halides is 3. The highest BCUT2D eigenvalue weighted by Crippen LogP contribution is 2.42. The third-order valence-electron chi connectivity index (χ3n) is 4.88. The average Bonchev–Trinajstić information content (AvgIpc) is 3.31. The number of nitrogens with one attached hydrogen (secondary N) is 2. The van der Waals surface area contributed by atoms with Crippen LogP contribution in [0.15, 0.2) is 41.8 Å². The smallest absolute Gasteiger partial charge is 0.347 e. The summed E-state index contributed by atoms with van der Waals surface area (Å²) in [6.45, 7) is 0.292. The second-order valence-electron chi connectivity index (χ2n) is 6.64. The largest absolute Gasteiger partial charge is 0.418 e. The lowest BCUT2D eigenvalue weighted by atomic mass is 9.84. The molecule has 0 saturated heterocycles.